The van der Waals surface area contributed by atoms with Gasteiger partial charge in [0.05, 0.1) is 0 Å². The van der Waals surface area contributed by atoms with Crippen molar-refractivity contribution in [2.45, 2.75) is 59.0 Å². The summed E-state index contributed by atoms with van der Waals surface area (Å²) in [6.07, 6.45) is 2.08. The van der Waals surface area contributed by atoms with Gasteiger partial charge in [-0.1, -0.05) is 61.9 Å². The molecule has 0 spiro atoms. The molecule has 30 heavy (non-hydrogen) atoms. The van der Waals surface area contributed by atoms with Gasteiger partial charge in [0.1, 0.15) is 11.8 Å². The number of nitrogens with one attached hydrogen (secondary N) is 1. The van der Waals surface area contributed by atoms with E-state index in [0.717, 1.165) is 17.5 Å². The van der Waals surface area contributed by atoms with Gasteiger partial charge in [-0.05, 0) is 50.8 Å². The fourth-order valence-corrected chi connectivity index (χ4v) is 3.20. The molecule has 0 aliphatic carbocycles. The minimum atomic E-state index is -0.517. The first-order chi connectivity index (χ1) is 14.4. The molecule has 0 aliphatic heterocycles. The fourth-order valence-electron chi connectivity index (χ4n) is 3.20. The van der Waals surface area contributed by atoms with Gasteiger partial charge in [0.15, 0.2) is 6.61 Å². The lowest BCUT2D eigenvalue weighted by molar-refractivity contribution is -0.142. The van der Waals surface area contributed by atoms with Crippen LogP contribution in [0.3, 0.4) is 0 Å². The van der Waals surface area contributed by atoms with Crippen LogP contribution >= 0.6 is 0 Å². The SMILES string of the molecule is CC[C@H](C)NC(=O)[C@H](CC)N(CCc1ccccc1)C(=O)COc1ccc(C)cc1. The van der Waals surface area contributed by atoms with Crippen molar-refractivity contribution in [1.29, 1.82) is 0 Å². The first-order valence-corrected chi connectivity index (χ1v) is 10.8. The van der Waals surface area contributed by atoms with Gasteiger partial charge in [0.25, 0.3) is 5.91 Å². The molecule has 2 aromatic carbocycles. The van der Waals surface area contributed by atoms with E-state index in [-0.39, 0.29) is 24.5 Å². The molecule has 0 saturated heterocycles. The topological polar surface area (TPSA) is 58.6 Å². The molecule has 5 heteroatoms. The summed E-state index contributed by atoms with van der Waals surface area (Å²) in [5.41, 5.74) is 2.26. The predicted octanol–water partition coefficient (Wildman–Crippen LogP) is 4.14. The molecule has 0 saturated carbocycles. The monoisotopic (exact) mass is 410 g/mol. The summed E-state index contributed by atoms with van der Waals surface area (Å²) in [5, 5.41) is 3.02. The lowest BCUT2D eigenvalue weighted by atomic mass is 10.1. The average molecular weight is 411 g/mol. The van der Waals surface area contributed by atoms with E-state index in [1.165, 1.54) is 0 Å². The average Bonchev–Trinajstić information content (AvgIpc) is 2.76. The summed E-state index contributed by atoms with van der Waals surface area (Å²) in [4.78, 5) is 27.6. The Morgan fingerprint density at radius 2 is 1.67 bits per heavy atom. The molecule has 2 rings (SSSR count). The van der Waals surface area contributed by atoms with Crippen LogP contribution in [-0.4, -0.2) is 41.9 Å². The van der Waals surface area contributed by atoms with E-state index >= 15 is 0 Å². The molecular weight excluding hydrogens is 376 g/mol. The molecular formula is C25H34N2O3. The van der Waals surface area contributed by atoms with Crippen molar-refractivity contribution < 1.29 is 14.3 Å². The highest BCUT2D eigenvalue weighted by Gasteiger charge is 2.29. The van der Waals surface area contributed by atoms with Crippen molar-refractivity contribution in [2.75, 3.05) is 13.2 Å². The molecule has 0 aliphatic rings. The lowest BCUT2D eigenvalue weighted by Gasteiger charge is -2.31. The molecule has 2 atom stereocenters. The molecule has 0 heterocycles. The van der Waals surface area contributed by atoms with E-state index in [1.54, 1.807) is 4.90 Å². The van der Waals surface area contributed by atoms with Crippen molar-refractivity contribution in [3.8, 4) is 5.75 Å². The van der Waals surface area contributed by atoms with Gasteiger partial charge in [-0.15, -0.1) is 0 Å². The summed E-state index contributed by atoms with van der Waals surface area (Å²) in [5.74, 6) is 0.357. The highest BCUT2D eigenvalue weighted by atomic mass is 16.5. The van der Waals surface area contributed by atoms with Gasteiger partial charge in [0, 0.05) is 12.6 Å². The number of amides is 2. The zero-order valence-electron chi connectivity index (χ0n) is 18.6. The van der Waals surface area contributed by atoms with E-state index in [0.29, 0.717) is 25.1 Å². The van der Waals surface area contributed by atoms with Gasteiger partial charge < -0.3 is 15.0 Å². The highest BCUT2D eigenvalue weighted by Crippen LogP contribution is 2.14. The normalized spacial score (nSPS) is 12.7. The van der Waals surface area contributed by atoms with Gasteiger partial charge >= 0.3 is 0 Å². The molecule has 0 unspecified atom stereocenters. The second kappa shape index (κ2) is 12.0. The van der Waals surface area contributed by atoms with Gasteiger partial charge in [-0.3, -0.25) is 9.59 Å². The summed E-state index contributed by atoms with van der Waals surface area (Å²) < 4.78 is 5.71. The van der Waals surface area contributed by atoms with E-state index in [2.05, 4.69) is 5.32 Å². The van der Waals surface area contributed by atoms with Crippen molar-refractivity contribution in [1.82, 2.24) is 10.2 Å². The van der Waals surface area contributed by atoms with E-state index in [1.807, 2.05) is 82.3 Å². The molecule has 0 fully saturated rings. The Kier molecular flexibility index (Phi) is 9.39. The summed E-state index contributed by atoms with van der Waals surface area (Å²) in [6.45, 7) is 8.31. The third-order valence-corrected chi connectivity index (χ3v) is 5.25. The minimum Gasteiger partial charge on any atom is -0.484 e. The number of hydrogen-bond acceptors (Lipinski definition) is 3. The van der Waals surface area contributed by atoms with Gasteiger partial charge in [-0.2, -0.15) is 0 Å². The molecule has 162 valence electrons. The van der Waals surface area contributed by atoms with Crippen LogP contribution in [0.25, 0.3) is 0 Å². The number of carbonyl (C=O) groups excluding carboxylic acids is 2. The van der Waals surface area contributed by atoms with Crippen LogP contribution in [-0.2, 0) is 16.0 Å². The minimum absolute atomic E-state index is 0.0708. The largest absolute Gasteiger partial charge is 0.484 e. The van der Waals surface area contributed by atoms with E-state index < -0.39 is 6.04 Å². The molecule has 5 nitrogen and oxygen atoms in total. The predicted molar refractivity (Wildman–Crippen MR) is 121 cm³/mol. The summed E-state index contributed by atoms with van der Waals surface area (Å²) in [6, 6.07) is 17.1. The standard InChI is InChI=1S/C25H34N2O3/c1-5-20(4)26-25(29)23(6-2)27(17-16-21-10-8-7-9-11-21)24(28)18-30-22-14-12-19(3)13-15-22/h7-15,20,23H,5-6,16-18H2,1-4H3,(H,26,29)/t20-,23-/m0/s1. The number of benzene rings is 2. The van der Waals surface area contributed by atoms with Crippen LogP contribution in [0.1, 0.15) is 44.7 Å². The zero-order chi connectivity index (χ0) is 21.9. The van der Waals surface area contributed by atoms with E-state index in [4.69, 9.17) is 4.74 Å². The second-order valence-corrected chi connectivity index (χ2v) is 7.67. The molecule has 2 aromatic rings. The first-order valence-electron chi connectivity index (χ1n) is 10.8. The van der Waals surface area contributed by atoms with Crippen LogP contribution in [0.4, 0.5) is 0 Å². The van der Waals surface area contributed by atoms with Crippen LogP contribution in [0.2, 0.25) is 0 Å². The Bertz CT molecular complexity index is 790. The smallest absolute Gasteiger partial charge is 0.261 e. The first kappa shape index (κ1) is 23.5. The van der Waals surface area contributed by atoms with Crippen molar-refractivity contribution >= 4 is 11.8 Å². The van der Waals surface area contributed by atoms with Crippen LogP contribution < -0.4 is 10.1 Å². The maximum atomic E-state index is 13.1. The number of ether oxygens (including phenoxy) is 1. The molecule has 0 radical (unpaired) electrons. The van der Waals surface area contributed by atoms with E-state index in [9.17, 15) is 9.59 Å². The zero-order valence-corrected chi connectivity index (χ0v) is 18.6. The fraction of sp³-hybridized carbons (Fsp3) is 0.440. The summed E-state index contributed by atoms with van der Waals surface area (Å²) in [7, 11) is 0. The van der Waals surface area contributed by atoms with Crippen molar-refractivity contribution in [3.63, 3.8) is 0 Å². The Labute approximate surface area is 180 Å². The molecule has 1 N–H and O–H groups in total. The Hall–Kier alpha value is -2.82. The van der Waals surface area contributed by atoms with Crippen LogP contribution in [0.15, 0.2) is 54.6 Å². The number of nitrogens with zero attached hydrogens (tertiary/aromatic N) is 1. The Morgan fingerprint density at radius 3 is 2.27 bits per heavy atom. The molecule has 0 bridgehead atoms. The summed E-state index contributed by atoms with van der Waals surface area (Å²) >= 11 is 0. The highest BCUT2D eigenvalue weighted by molar-refractivity contribution is 5.88. The van der Waals surface area contributed by atoms with Crippen LogP contribution in [0, 0.1) is 6.92 Å². The number of hydrogen-bond donors (Lipinski definition) is 1. The number of aryl methyl sites for hydroxylation is 1. The molecule has 2 amide bonds. The second-order valence-electron chi connectivity index (χ2n) is 7.67. The molecule has 0 aromatic heterocycles. The van der Waals surface area contributed by atoms with Gasteiger partial charge in [0.2, 0.25) is 5.91 Å². The lowest BCUT2D eigenvalue weighted by Crippen LogP contribution is -2.52. The van der Waals surface area contributed by atoms with Crippen LogP contribution in [0.5, 0.6) is 5.75 Å². The quantitative estimate of drug-likeness (QED) is 0.606. The third kappa shape index (κ3) is 7.21. The number of rotatable bonds is 11. The van der Waals surface area contributed by atoms with Gasteiger partial charge in [-0.25, -0.2) is 0 Å². The number of carbonyl (C=O) groups is 2. The Morgan fingerprint density at radius 1 is 1.00 bits per heavy atom. The Balaban J connectivity index is 2.11. The maximum Gasteiger partial charge on any atom is 0.261 e. The van der Waals surface area contributed by atoms with Crippen molar-refractivity contribution in [3.05, 3.63) is 65.7 Å². The third-order valence-electron chi connectivity index (χ3n) is 5.25. The maximum absolute atomic E-state index is 13.1. The van der Waals surface area contributed by atoms with Crippen molar-refractivity contribution in [2.24, 2.45) is 0 Å².